The van der Waals surface area contributed by atoms with Gasteiger partial charge in [0.1, 0.15) is 5.75 Å². The molecule has 1 aromatic carbocycles. The Morgan fingerprint density at radius 1 is 1.29 bits per heavy atom. The predicted octanol–water partition coefficient (Wildman–Crippen LogP) is 1.83. The lowest BCUT2D eigenvalue weighted by Gasteiger charge is -2.27. The molecular weight excluding hydrogens is 216 g/mol. The highest BCUT2D eigenvalue weighted by Crippen LogP contribution is 2.19. The van der Waals surface area contributed by atoms with Crippen molar-refractivity contribution in [3.63, 3.8) is 0 Å². The standard InChI is InChI=1S/C13H18N2O2/c1-10-11(6-5-7-12(10)16)13(17)14-15-8-3-2-4-9-15/h5-7,16H,2-4,8-9H2,1H3,(H,14,17). The number of hydrogen-bond donors (Lipinski definition) is 2. The summed E-state index contributed by atoms with van der Waals surface area (Å²) < 4.78 is 0. The summed E-state index contributed by atoms with van der Waals surface area (Å²) in [5.74, 6) is 0.0246. The number of rotatable bonds is 2. The highest BCUT2D eigenvalue weighted by Gasteiger charge is 2.16. The topological polar surface area (TPSA) is 52.6 Å². The Morgan fingerprint density at radius 3 is 2.71 bits per heavy atom. The smallest absolute Gasteiger partial charge is 0.265 e. The molecule has 0 bridgehead atoms. The van der Waals surface area contributed by atoms with Gasteiger partial charge in [-0.15, -0.1) is 0 Å². The van der Waals surface area contributed by atoms with Crippen LogP contribution in [-0.2, 0) is 0 Å². The highest BCUT2D eigenvalue weighted by molar-refractivity contribution is 5.95. The first-order chi connectivity index (χ1) is 8.18. The zero-order valence-corrected chi connectivity index (χ0v) is 10.1. The number of nitrogens with zero attached hydrogens (tertiary/aromatic N) is 1. The molecule has 0 saturated carbocycles. The van der Waals surface area contributed by atoms with E-state index in [1.165, 1.54) is 6.42 Å². The largest absolute Gasteiger partial charge is 0.508 e. The van der Waals surface area contributed by atoms with E-state index in [0.29, 0.717) is 11.1 Å². The Bertz CT molecular complexity index is 412. The molecule has 4 nitrogen and oxygen atoms in total. The average Bonchev–Trinajstić information content (AvgIpc) is 2.34. The molecule has 1 aliphatic rings. The number of piperidine rings is 1. The van der Waals surface area contributed by atoms with Crippen LogP contribution in [0.25, 0.3) is 0 Å². The molecule has 0 radical (unpaired) electrons. The zero-order valence-electron chi connectivity index (χ0n) is 10.1. The molecule has 0 unspecified atom stereocenters. The van der Waals surface area contributed by atoms with Gasteiger partial charge in [0.25, 0.3) is 5.91 Å². The fraction of sp³-hybridized carbons (Fsp3) is 0.462. The van der Waals surface area contributed by atoms with Crippen molar-refractivity contribution < 1.29 is 9.90 Å². The van der Waals surface area contributed by atoms with Gasteiger partial charge in [-0.25, -0.2) is 5.01 Å². The molecule has 0 spiro atoms. The van der Waals surface area contributed by atoms with E-state index in [9.17, 15) is 9.90 Å². The Morgan fingerprint density at radius 2 is 2.00 bits per heavy atom. The van der Waals surface area contributed by atoms with Gasteiger partial charge in [0.05, 0.1) is 0 Å². The molecule has 1 aliphatic heterocycles. The monoisotopic (exact) mass is 234 g/mol. The maximum Gasteiger partial charge on any atom is 0.265 e. The van der Waals surface area contributed by atoms with E-state index in [2.05, 4.69) is 5.43 Å². The second kappa shape index (κ2) is 5.19. The molecular formula is C13H18N2O2. The van der Waals surface area contributed by atoms with E-state index in [4.69, 9.17) is 0 Å². The van der Waals surface area contributed by atoms with Gasteiger partial charge in [-0.3, -0.25) is 10.2 Å². The average molecular weight is 234 g/mol. The molecule has 4 heteroatoms. The fourth-order valence-corrected chi connectivity index (χ4v) is 2.08. The molecule has 1 saturated heterocycles. The van der Waals surface area contributed by atoms with Gasteiger partial charge in [0.2, 0.25) is 0 Å². The molecule has 17 heavy (non-hydrogen) atoms. The van der Waals surface area contributed by atoms with Gasteiger partial charge in [0.15, 0.2) is 0 Å². The SMILES string of the molecule is Cc1c(O)cccc1C(=O)NN1CCCCC1. The Kier molecular flexibility index (Phi) is 3.64. The number of phenols is 1. The Balaban J connectivity index is 2.06. The lowest BCUT2D eigenvalue weighted by atomic mass is 10.1. The van der Waals surface area contributed by atoms with E-state index in [0.717, 1.165) is 25.9 Å². The second-order valence-electron chi connectivity index (χ2n) is 4.44. The minimum atomic E-state index is -0.139. The first-order valence-corrected chi connectivity index (χ1v) is 6.03. The molecule has 1 amide bonds. The highest BCUT2D eigenvalue weighted by atomic mass is 16.3. The van der Waals surface area contributed by atoms with Crippen molar-refractivity contribution in [3.8, 4) is 5.75 Å². The van der Waals surface area contributed by atoms with Gasteiger partial charge in [-0.05, 0) is 31.9 Å². The summed E-state index contributed by atoms with van der Waals surface area (Å²) in [6.07, 6.45) is 3.48. The van der Waals surface area contributed by atoms with E-state index in [-0.39, 0.29) is 11.7 Å². The third-order valence-corrected chi connectivity index (χ3v) is 3.17. The normalized spacial score (nSPS) is 16.8. The maximum atomic E-state index is 12.0. The second-order valence-corrected chi connectivity index (χ2v) is 4.44. The lowest BCUT2D eigenvalue weighted by molar-refractivity contribution is 0.0749. The Hall–Kier alpha value is -1.55. The first kappa shape index (κ1) is 11.9. The zero-order chi connectivity index (χ0) is 12.3. The van der Waals surface area contributed by atoms with Crippen LogP contribution in [0.1, 0.15) is 35.2 Å². The molecule has 0 aliphatic carbocycles. The van der Waals surface area contributed by atoms with Crippen LogP contribution >= 0.6 is 0 Å². The minimum Gasteiger partial charge on any atom is -0.508 e. The van der Waals surface area contributed by atoms with E-state index < -0.39 is 0 Å². The van der Waals surface area contributed by atoms with E-state index >= 15 is 0 Å². The van der Waals surface area contributed by atoms with Crippen molar-refractivity contribution in [2.24, 2.45) is 0 Å². The summed E-state index contributed by atoms with van der Waals surface area (Å²) in [6.45, 7) is 3.56. The van der Waals surface area contributed by atoms with Crippen LogP contribution in [0.15, 0.2) is 18.2 Å². The molecule has 0 atom stereocenters. The number of carbonyl (C=O) groups is 1. The number of phenolic OH excluding ortho intramolecular Hbond substituents is 1. The summed E-state index contributed by atoms with van der Waals surface area (Å²) >= 11 is 0. The van der Waals surface area contributed by atoms with Crippen molar-refractivity contribution in [1.29, 1.82) is 0 Å². The number of nitrogens with one attached hydrogen (secondary N) is 1. The number of hydrazine groups is 1. The van der Waals surface area contributed by atoms with Gasteiger partial charge >= 0.3 is 0 Å². The van der Waals surface area contributed by atoms with Crippen molar-refractivity contribution in [2.45, 2.75) is 26.2 Å². The Labute approximate surface area is 101 Å². The third-order valence-electron chi connectivity index (χ3n) is 3.17. The summed E-state index contributed by atoms with van der Waals surface area (Å²) in [5, 5.41) is 11.5. The number of amides is 1. The molecule has 2 N–H and O–H groups in total. The van der Waals surface area contributed by atoms with Crippen molar-refractivity contribution >= 4 is 5.91 Å². The van der Waals surface area contributed by atoms with Crippen LogP contribution < -0.4 is 5.43 Å². The number of carbonyl (C=O) groups excluding carboxylic acids is 1. The van der Waals surface area contributed by atoms with E-state index in [1.807, 2.05) is 5.01 Å². The molecule has 1 aromatic rings. The van der Waals surface area contributed by atoms with E-state index in [1.54, 1.807) is 25.1 Å². The van der Waals surface area contributed by atoms with Crippen LogP contribution in [0, 0.1) is 6.92 Å². The molecule has 92 valence electrons. The summed E-state index contributed by atoms with van der Waals surface area (Å²) in [5.41, 5.74) is 4.05. The van der Waals surface area contributed by atoms with Crippen LogP contribution in [0.2, 0.25) is 0 Å². The summed E-state index contributed by atoms with van der Waals surface area (Å²) in [4.78, 5) is 12.0. The summed E-state index contributed by atoms with van der Waals surface area (Å²) in [7, 11) is 0. The van der Waals surface area contributed by atoms with Crippen LogP contribution in [0.4, 0.5) is 0 Å². The van der Waals surface area contributed by atoms with Gasteiger partial charge in [-0.1, -0.05) is 12.5 Å². The number of hydrogen-bond acceptors (Lipinski definition) is 3. The fourth-order valence-electron chi connectivity index (χ4n) is 2.08. The number of benzene rings is 1. The number of aromatic hydroxyl groups is 1. The van der Waals surface area contributed by atoms with Gasteiger partial charge < -0.3 is 5.11 Å². The summed E-state index contributed by atoms with van der Waals surface area (Å²) in [6, 6.07) is 5.01. The van der Waals surface area contributed by atoms with Crippen molar-refractivity contribution in [2.75, 3.05) is 13.1 Å². The van der Waals surface area contributed by atoms with Crippen LogP contribution in [0.3, 0.4) is 0 Å². The quantitative estimate of drug-likeness (QED) is 0.821. The van der Waals surface area contributed by atoms with Crippen molar-refractivity contribution in [3.05, 3.63) is 29.3 Å². The molecule has 1 fully saturated rings. The minimum absolute atomic E-state index is 0.139. The maximum absolute atomic E-state index is 12.0. The third kappa shape index (κ3) is 2.77. The van der Waals surface area contributed by atoms with Gasteiger partial charge in [0, 0.05) is 24.2 Å². The predicted molar refractivity (Wildman–Crippen MR) is 65.7 cm³/mol. The molecule has 1 heterocycles. The lowest BCUT2D eigenvalue weighted by Crippen LogP contribution is -2.45. The van der Waals surface area contributed by atoms with Crippen molar-refractivity contribution in [1.82, 2.24) is 10.4 Å². The molecule has 0 aromatic heterocycles. The van der Waals surface area contributed by atoms with Crippen LogP contribution in [-0.4, -0.2) is 29.1 Å². The van der Waals surface area contributed by atoms with Gasteiger partial charge in [-0.2, -0.15) is 0 Å². The van der Waals surface area contributed by atoms with Crippen LogP contribution in [0.5, 0.6) is 5.75 Å². The molecule has 2 rings (SSSR count). The first-order valence-electron chi connectivity index (χ1n) is 6.03.